The lowest BCUT2D eigenvalue weighted by molar-refractivity contribution is -0.132. The average molecular weight is 386 g/mol. The van der Waals surface area contributed by atoms with Crippen molar-refractivity contribution in [2.45, 2.75) is 47.0 Å². The molecule has 1 unspecified atom stereocenters. The van der Waals surface area contributed by atoms with Crippen molar-refractivity contribution in [3.8, 4) is 0 Å². The van der Waals surface area contributed by atoms with E-state index in [1.54, 1.807) is 6.20 Å². The van der Waals surface area contributed by atoms with Crippen LogP contribution in [-0.2, 0) is 22.7 Å². The van der Waals surface area contributed by atoms with E-state index in [9.17, 15) is 4.79 Å². The van der Waals surface area contributed by atoms with Crippen molar-refractivity contribution in [3.05, 3.63) is 47.1 Å². The van der Waals surface area contributed by atoms with Gasteiger partial charge in [-0.3, -0.25) is 14.7 Å². The molecule has 0 radical (unpaired) electrons. The zero-order valence-electron chi connectivity index (χ0n) is 17.2. The van der Waals surface area contributed by atoms with Crippen LogP contribution >= 0.6 is 0 Å². The molecule has 1 aliphatic rings. The minimum atomic E-state index is -0.0809. The van der Waals surface area contributed by atoms with Crippen LogP contribution in [0.2, 0.25) is 0 Å². The third-order valence-corrected chi connectivity index (χ3v) is 4.94. The minimum Gasteiger partial charge on any atom is -0.370 e. The largest absolute Gasteiger partial charge is 0.370 e. The molecule has 7 nitrogen and oxygen atoms in total. The molecule has 28 heavy (non-hydrogen) atoms. The van der Waals surface area contributed by atoms with Crippen molar-refractivity contribution in [3.63, 3.8) is 0 Å². The Balaban J connectivity index is 1.72. The van der Waals surface area contributed by atoms with Crippen LogP contribution in [0.3, 0.4) is 0 Å². The third kappa shape index (κ3) is 5.39. The maximum atomic E-state index is 12.8. The Morgan fingerprint density at radius 3 is 2.75 bits per heavy atom. The van der Waals surface area contributed by atoms with Crippen molar-refractivity contribution >= 4 is 5.91 Å². The molecule has 2 aromatic heterocycles. The Kier molecular flexibility index (Phi) is 6.80. The highest BCUT2D eigenvalue weighted by molar-refractivity contribution is 5.78. The highest BCUT2D eigenvalue weighted by Gasteiger charge is 2.29. The van der Waals surface area contributed by atoms with Gasteiger partial charge < -0.3 is 14.2 Å². The number of hydrogen-bond acceptors (Lipinski definition) is 6. The van der Waals surface area contributed by atoms with Gasteiger partial charge in [0.05, 0.1) is 30.6 Å². The fraction of sp³-hybridized carbons (Fsp3) is 0.571. The summed E-state index contributed by atoms with van der Waals surface area (Å²) in [6.07, 6.45) is 1.70. The zero-order chi connectivity index (χ0) is 20.1. The first-order valence-electron chi connectivity index (χ1n) is 9.85. The predicted molar refractivity (Wildman–Crippen MR) is 105 cm³/mol. The van der Waals surface area contributed by atoms with Crippen molar-refractivity contribution in [1.82, 2.24) is 19.9 Å². The topological polar surface area (TPSA) is 71.7 Å². The van der Waals surface area contributed by atoms with Crippen LogP contribution in [-0.4, -0.2) is 58.1 Å². The molecular weight excluding hydrogens is 356 g/mol. The Labute approximate surface area is 166 Å². The Morgan fingerprint density at radius 2 is 2.11 bits per heavy atom. The molecule has 1 fully saturated rings. The number of aromatic nitrogens is 2. The quantitative estimate of drug-likeness (QED) is 0.728. The molecule has 0 aromatic carbocycles. The molecule has 0 N–H and O–H groups in total. The van der Waals surface area contributed by atoms with E-state index in [2.05, 4.69) is 28.9 Å². The van der Waals surface area contributed by atoms with Crippen LogP contribution < -0.4 is 0 Å². The summed E-state index contributed by atoms with van der Waals surface area (Å²) in [6, 6.07) is 5.86. The van der Waals surface area contributed by atoms with E-state index >= 15 is 0 Å². The SMILES string of the molecule is Cc1noc(C)c1COC1CN(Cc2ccccn2)CC(=O)N(CC(C)C)C1. The molecule has 7 heteroatoms. The molecule has 152 valence electrons. The second-order valence-electron chi connectivity index (χ2n) is 7.92. The van der Waals surface area contributed by atoms with E-state index in [0.29, 0.717) is 38.7 Å². The monoisotopic (exact) mass is 386 g/mol. The molecule has 2 aromatic rings. The Morgan fingerprint density at radius 1 is 1.29 bits per heavy atom. The molecule has 3 rings (SSSR count). The fourth-order valence-corrected chi connectivity index (χ4v) is 3.52. The van der Waals surface area contributed by atoms with Crippen LogP contribution in [0, 0.1) is 19.8 Å². The highest BCUT2D eigenvalue weighted by Crippen LogP contribution is 2.17. The zero-order valence-corrected chi connectivity index (χ0v) is 17.2. The summed E-state index contributed by atoms with van der Waals surface area (Å²) in [5, 5.41) is 4.00. The molecule has 1 atom stereocenters. The van der Waals surface area contributed by atoms with Gasteiger partial charge in [-0.15, -0.1) is 0 Å². The van der Waals surface area contributed by atoms with Gasteiger partial charge in [-0.05, 0) is 31.9 Å². The third-order valence-electron chi connectivity index (χ3n) is 4.94. The van der Waals surface area contributed by atoms with E-state index in [0.717, 1.165) is 29.3 Å². The number of carbonyl (C=O) groups excluding carboxylic acids is 1. The van der Waals surface area contributed by atoms with E-state index < -0.39 is 0 Å². The van der Waals surface area contributed by atoms with Crippen molar-refractivity contribution in [2.24, 2.45) is 5.92 Å². The average Bonchev–Trinajstić information content (AvgIpc) is 2.89. The van der Waals surface area contributed by atoms with Crippen LogP contribution in [0.4, 0.5) is 0 Å². The number of nitrogens with zero attached hydrogens (tertiary/aromatic N) is 4. The number of ether oxygens (including phenoxy) is 1. The summed E-state index contributed by atoms with van der Waals surface area (Å²) in [5.41, 5.74) is 2.80. The van der Waals surface area contributed by atoms with Crippen molar-refractivity contribution in [1.29, 1.82) is 0 Å². The number of amides is 1. The first-order valence-corrected chi connectivity index (χ1v) is 9.85. The minimum absolute atomic E-state index is 0.0809. The number of hydrogen-bond donors (Lipinski definition) is 0. The second-order valence-corrected chi connectivity index (χ2v) is 7.92. The van der Waals surface area contributed by atoms with E-state index in [4.69, 9.17) is 9.26 Å². The lowest BCUT2D eigenvalue weighted by Crippen LogP contribution is -2.40. The Hall–Kier alpha value is -2.25. The second kappa shape index (κ2) is 9.30. The lowest BCUT2D eigenvalue weighted by atomic mass is 10.2. The van der Waals surface area contributed by atoms with Crippen LogP contribution in [0.5, 0.6) is 0 Å². The number of carbonyl (C=O) groups is 1. The first-order chi connectivity index (χ1) is 13.4. The van der Waals surface area contributed by atoms with Gasteiger partial charge >= 0.3 is 0 Å². The van der Waals surface area contributed by atoms with Gasteiger partial charge in [-0.25, -0.2) is 0 Å². The van der Waals surface area contributed by atoms with Gasteiger partial charge in [0.1, 0.15) is 5.76 Å². The molecule has 0 aliphatic carbocycles. The summed E-state index contributed by atoms with van der Waals surface area (Å²) in [7, 11) is 0. The summed E-state index contributed by atoms with van der Waals surface area (Å²) >= 11 is 0. The molecule has 3 heterocycles. The summed E-state index contributed by atoms with van der Waals surface area (Å²) < 4.78 is 11.5. The van der Waals surface area contributed by atoms with E-state index in [1.165, 1.54) is 0 Å². The van der Waals surface area contributed by atoms with Crippen molar-refractivity contribution in [2.75, 3.05) is 26.2 Å². The molecule has 1 amide bonds. The van der Waals surface area contributed by atoms with Crippen LogP contribution in [0.1, 0.15) is 36.6 Å². The summed E-state index contributed by atoms with van der Waals surface area (Å²) in [5.74, 6) is 1.34. The van der Waals surface area contributed by atoms with Gasteiger partial charge in [-0.1, -0.05) is 25.1 Å². The van der Waals surface area contributed by atoms with Gasteiger partial charge in [0, 0.05) is 37.9 Å². The maximum absolute atomic E-state index is 12.8. The van der Waals surface area contributed by atoms with Crippen molar-refractivity contribution < 1.29 is 14.1 Å². The number of aryl methyl sites for hydroxylation is 2. The van der Waals surface area contributed by atoms with E-state index in [1.807, 2.05) is 36.9 Å². The van der Waals surface area contributed by atoms with Gasteiger partial charge in [0.25, 0.3) is 0 Å². The summed E-state index contributed by atoms with van der Waals surface area (Å²) in [4.78, 5) is 21.3. The molecular formula is C21H30N4O3. The van der Waals surface area contributed by atoms with Gasteiger partial charge in [-0.2, -0.15) is 0 Å². The van der Waals surface area contributed by atoms with Gasteiger partial charge in [0.15, 0.2) is 0 Å². The molecule has 1 saturated heterocycles. The number of rotatable bonds is 7. The maximum Gasteiger partial charge on any atom is 0.236 e. The summed E-state index contributed by atoms with van der Waals surface area (Å²) in [6.45, 7) is 11.5. The predicted octanol–water partition coefficient (Wildman–Crippen LogP) is 2.57. The van der Waals surface area contributed by atoms with E-state index in [-0.39, 0.29) is 12.0 Å². The first kappa shape index (κ1) is 20.5. The van der Waals surface area contributed by atoms with Gasteiger partial charge in [0.2, 0.25) is 5.91 Å². The molecule has 0 bridgehead atoms. The molecule has 0 spiro atoms. The standard InChI is InChI=1S/C21H30N4O3/c1-15(2)9-25-12-19(27-14-20-16(3)23-28-17(20)4)11-24(13-21(25)26)10-18-7-5-6-8-22-18/h5-8,15,19H,9-14H2,1-4H3. The normalized spacial score (nSPS) is 18.7. The lowest BCUT2D eigenvalue weighted by Gasteiger charge is -2.26. The van der Waals surface area contributed by atoms with Crippen LogP contribution in [0.15, 0.2) is 28.9 Å². The number of pyridine rings is 1. The smallest absolute Gasteiger partial charge is 0.236 e. The fourth-order valence-electron chi connectivity index (χ4n) is 3.52. The Bertz CT molecular complexity index is 756. The molecule has 1 aliphatic heterocycles. The van der Waals surface area contributed by atoms with Crippen LogP contribution in [0.25, 0.3) is 0 Å². The highest BCUT2D eigenvalue weighted by atomic mass is 16.5. The molecule has 0 saturated carbocycles.